The number of nitrogens with zero attached hydrogens (tertiary/aromatic N) is 3. The van der Waals surface area contributed by atoms with Crippen LogP contribution in [-0.2, 0) is 10.0 Å². The molecule has 112 valence electrons. The van der Waals surface area contributed by atoms with Gasteiger partial charge in [-0.2, -0.15) is 0 Å². The highest BCUT2D eigenvalue weighted by molar-refractivity contribution is 9.09. The van der Waals surface area contributed by atoms with Crippen LogP contribution in [0.25, 0.3) is 0 Å². The molecule has 1 aliphatic rings. The molecule has 0 radical (unpaired) electrons. The van der Waals surface area contributed by atoms with Gasteiger partial charge >= 0.3 is 0 Å². The Morgan fingerprint density at radius 1 is 1.40 bits per heavy atom. The van der Waals surface area contributed by atoms with Gasteiger partial charge in [0.15, 0.2) is 0 Å². The molecule has 0 amide bonds. The maximum atomic E-state index is 12.0. The van der Waals surface area contributed by atoms with Gasteiger partial charge in [-0.05, 0) is 24.5 Å². The normalized spacial score (nSPS) is 24.1. The number of sulfonamides is 1. The summed E-state index contributed by atoms with van der Waals surface area (Å²) >= 11 is 3.68. The zero-order chi connectivity index (χ0) is 14.9. The van der Waals surface area contributed by atoms with Crippen molar-refractivity contribution in [3.8, 4) is 0 Å². The third-order valence-electron chi connectivity index (χ3n) is 3.69. The number of rotatable bonds is 3. The first-order chi connectivity index (χ1) is 9.32. The summed E-state index contributed by atoms with van der Waals surface area (Å²) < 4.78 is 25.2. The summed E-state index contributed by atoms with van der Waals surface area (Å²) in [5.74, 6) is 1.48. The van der Waals surface area contributed by atoms with Crippen molar-refractivity contribution >= 4 is 31.8 Å². The van der Waals surface area contributed by atoms with E-state index in [0.717, 1.165) is 25.3 Å². The predicted molar refractivity (Wildman–Crippen MR) is 83.8 cm³/mol. The van der Waals surface area contributed by atoms with Gasteiger partial charge in [0, 0.05) is 38.2 Å². The summed E-state index contributed by atoms with van der Waals surface area (Å²) in [4.78, 5) is 7.17. The van der Waals surface area contributed by atoms with E-state index in [2.05, 4.69) is 32.7 Å². The molecule has 0 aromatic carbocycles. The Kier molecular flexibility index (Phi) is 4.71. The molecule has 1 aromatic rings. The minimum atomic E-state index is -3.40. The first-order valence-electron chi connectivity index (χ1n) is 6.60. The van der Waals surface area contributed by atoms with Crippen LogP contribution in [0.3, 0.4) is 0 Å². The zero-order valence-corrected chi connectivity index (χ0v) is 14.4. The third kappa shape index (κ3) is 3.15. The second kappa shape index (κ2) is 5.99. The summed E-state index contributed by atoms with van der Waals surface area (Å²) in [7, 11) is -0.364. The van der Waals surface area contributed by atoms with E-state index in [9.17, 15) is 8.42 Å². The number of hydrogen-bond donors (Lipinski definition) is 0. The Labute approximate surface area is 129 Å². The molecule has 1 aliphatic heterocycles. The van der Waals surface area contributed by atoms with Crippen LogP contribution in [0.15, 0.2) is 23.2 Å². The summed E-state index contributed by atoms with van der Waals surface area (Å²) in [6, 6.07) is 3.41. The van der Waals surface area contributed by atoms with E-state index in [1.54, 1.807) is 12.1 Å². The van der Waals surface area contributed by atoms with Gasteiger partial charge in [0.05, 0.1) is 0 Å². The molecule has 0 aliphatic carbocycles. The molecular formula is C13H20BrN3O2S. The molecule has 1 aromatic heterocycles. The molecule has 0 saturated carbocycles. The van der Waals surface area contributed by atoms with Crippen molar-refractivity contribution < 1.29 is 8.42 Å². The fourth-order valence-corrected chi connectivity index (χ4v) is 3.61. The van der Waals surface area contributed by atoms with E-state index in [-0.39, 0.29) is 4.90 Å². The smallest absolute Gasteiger partial charge is 0.244 e. The van der Waals surface area contributed by atoms with Gasteiger partial charge in [0.25, 0.3) is 0 Å². The fraction of sp³-hybridized carbons (Fsp3) is 0.615. The lowest BCUT2D eigenvalue weighted by atomic mass is 9.99. The molecule has 5 nitrogen and oxygen atoms in total. The van der Waals surface area contributed by atoms with Gasteiger partial charge in [0.2, 0.25) is 10.0 Å². The monoisotopic (exact) mass is 361 g/mol. The second-order valence-electron chi connectivity index (χ2n) is 5.37. The molecule has 2 unspecified atom stereocenters. The van der Waals surface area contributed by atoms with E-state index in [1.165, 1.54) is 24.6 Å². The van der Waals surface area contributed by atoms with E-state index in [4.69, 9.17) is 0 Å². The number of aromatic nitrogens is 1. The van der Waals surface area contributed by atoms with Gasteiger partial charge in [-0.15, -0.1) is 0 Å². The van der Waals surface area contributed by atoms with Crippen LogP contribution in [0.4, 0.5) is 5.82 Å². The molecule has 7 heteroatoms. The minimum Gasteiger partial charge on any atom is -0.355 e. The van der Waals surface area contributed by atoms with Gasteiger partial charge in [0.1, 0.15) is 10.7 Å². The van der Waals surface area contributed by atoms with Crippen LogP contribution < -0.4 is 4.90 Å². The Morgan fingerprint density at radius 3 is 2.60 bits per heavy atom. The Morgan fingerprint density at radius 2 is 2.10 bits per heavy atom. The highest BCUT2D eigenvalue weighted by Crippen LogP contribution is 2.26. The molecule has 2 rings (SSSR count). The Balaban J connectivity index is 2.17. The van der Waals surface area contributed by atoms with Crippen molar-refractivity contribution in [1.29, 1.82) is 0 Å². The first-order valence-corrected chi connectivity index (χ1v) is 8.95. The van der Waals surface area contributed by atoms with Crippen LogP contribution in [-0.4, -0.2) is 49.7 Å². The van der Waals surface area contributed by atoms with Crippen molar-refractivity contribution in [2.24, 2.45) is 5.92 Å². The maximum absolute atomic E-state index is 12.0. The molecular weight excluding hydrogens is 342 g/mol. The van der Waals surface area contributed by atoms with E-state index < -0.39 is 10.0 Å². The lowest BCUT2D eigenvalue weighted by Gasteiger charge is -2.35. The van der Waals surface area contributed by atoms with Gasteiger partial charge in [-0.3, -0.25) is 0 Å². The van der Waals surface area contributed by atoms with E-state index in [0.29, 0.717) is 10.7 Å². The van der Waals surface area contributed by atoms with Crippen molar-refractivity contribution in [2.75, 3.05) is 32.1 Å². The van der Waals surface area contributed by atoms with Crippen LogP contribution in [0.2, 0.25) is 0 Å². The minimum absolute atomic E-state index is 0.229. The average molecular weight is 362 g/mol. The fourth-order valence-electron chi connectivity index (χ4n) is 2.15. The summed E-state index contributed by atoms with van der Waals surface area (Å²) in [6.45, 7) is 4.08. The highest BCUT2D eigenvalue weighted by atomic mass is 79.9. The second-order valence-corrected chi connectivity index (χ2v) is 8.70. The van der Waals surface area contributed by atoms with Gasteiger partial charge in [-0.25, -0.2) is 17.7 Å². The average Bonchev–Trinajstić information content (AvgIpc) is 2.42. The molecule has 0 N–H and O–H groups in total. The van der Waals surface area contributed by atoms with Crippen LogP contribution in [0.5, 0.6) is 0 Å². The first kappa shape index (κ1) is 15.7. The topological polar surface area (TPSA) is 53.5 Å². The van der Waals surface area contributed by atoms with Crippen LogP contribution >= 0.6 is 15.9 Å². The Hall–Kier alpha value is -0.660. The Bertz CT molecular complexity index is 559. The van der Waals surface area contributed by atoms with Gasteiger partial charge < -0.3 is 4.90 Å². The molecule has 2 atom stereocenters. The number of pyridine rings is 1. The summed E-state index contributed by atoms with van der Waals surface area (Å²) in [6.07, 6.45) is 2.54. The number of alkyl halides is 1. The largest absolute Gasteiger partial charge is 0.355 e. The van der Waals surface area contributed by atoms with Crippen LogP contribution in [0.1, 0.15) is 13.3 Å². The summed E-state index contributed by atoms with van der Waals surface area (Å²) in [5, 5.41) is 0. The van der Waals surface area contributed by atoms with Crippen molar-refractivity contribution in [1.82, 2.24) is 9.29 Å². The van der Waals surface area contributed by atoms with E-state index in [1.807, 2.05) is 0 Å². The maximum Gasteiger partial charge on any atom is 0.244 e. The lowest BCUT2D eigenvalue weighted by Crippen LogP contribution is -2.40. The summed E-state index contributed by atoms with van der Waals surface area (Å²) in [5.41, 5.74) is 0. The number of halogens is 1. The van der Waals surface area contributed by atoms with E-state index >= 15 is 0 Å². The molecule has 0 bridgehead atoms. The van der Waals surface area contributed by atoms with Crippen LogP contribution in [0, 0.1) is 5.92 Å². The molecule has 20 heavy (non-hydrogen) atoms. The number of hydrogen-bond acceptors (Lipinski definition) is 4. The van der Waals surface area contributed by atoms with Gasteiger partial charge in [-0.1, -0.05) is 22.9 Å². The molecule has 0 spiro atoms. The molecule has 1 fully saturated rings. The van der Waals surface area contributed by atoms with Crippen molar-refractivity contribution in [3.05, 3.63) is 18.3 Å². The van der Waals surface area contributed by atoms with Crippen molar-refractivity contribution in [3.63, 3.8) is 0 Å². The standard InChI is InChI=1S/C13H20BrN3O2S/c1-10-6-7-17(9-12(10)14)13-5-4-11(8-15-13)20(18,19)16(2)3/h4-5,8,10,12H,6-7,9H2,1-3H3. The molecule has 2 heterocycles. The quantitative estimate of drug-likeness (QED) is 0.772. The molecule has 1 saturated heterocycles. The number of piperidine rings is 1. The SMILES string of the molecule is CC1CCN(c2ccc(S(=O)(=O)N(C)C)cn2)CC1Br. The predicted octanol–water partition coefficient (Wildman–Crippen LogP) is 1.94. The van der Waals surface area contributed by atoms with Crippen molar-refractivity contribution in [2.45, 2.75) is 23.1 Å². The lowest BCUT2D eigenvalue weighted by molar-refractivity contribution is 0.454. The zero-order valence-electron chi connectivity index (χ0n) is 12.0. The number of anilines is 1. The third-order valence-corrected chi connectivity index (χ3v) is 6.68. The highest BCUT2D eigenvalue weighted by Gasteiger charge is 2.25.